The predicted octanol–water partition coefficient (Wildman–Crippen LogP) is 3.09. The molecule has 51 heavy (non-hydrogen) atoms. The number of aliphatic hydroxyl groups excluding tert-OH is 1. The van der Waals surface area contributed by atoms with E-state index in [9.17, 15) is 19.5 Å². The lowest BCUT2D eigenvalue weighted by atomic mass is 9.80. The van der Waals surface area contributed by atoms with E-state index in [1.54, 1.807) is 28.1 Å². The van der Waals surface area contributed by atoms with Gasteiger partial charge in [-0.2, -0.15) is 0 Å². The highest BCUT2D eigenvalue weighted by molar-refractivity contribution is 5.83. The molecule has 4 atom stereocenters. The van der Waals surface area contributed by atoms with E-state index >= 15 is 0 Å². The molecule has 1 aromatic rings. The van der Waals surface area contributed by atoms with Gasteiger partial charge in [0.2, 0.25) is 11.8 Å². The van der Waals surface area contributed by atoms with Crippen molar-refractivity contribution in [3.8, 4) is 11.5 Å². The minimum Gasteiger partial charge on any atom is -0.493 e. The Balaban J connectivity index is 3.18. The standard InChI is InChI=1S/C35H62N4O12/c1-23(2)26(18-25-10-11-30(47-8)31(19-25)49-13-9-12-46-7)20-28(38-34(43)50-16-14-48-15-17-51-39(44)45)29(40)21-27(24(3)4)32(41)37-22-35(5,6)33(36)42/h10-11,19,23-24,26-29,40,44-45H,9,12-18,20-22H2,1-8H3,(H2,36,42)(H,37,41)(H,38,43). The monoisotopic (exact) mass is 730 g/mol. The number of rotatable bonds is 27. The van der Waals surface area contributed by atoms with Gasteiger partial charge in [0.25, 0.3) is 0 Å². The van der Waals surface area contributed by atoms with Gasteiger partial charge in [0.15, 0.2) is 11.5 Å². The van der Waals surface area contributed by atoms with Gasteiger partial charge in [-0.1, -0.05) is 33.8 Å². The second-order valence-electron chi connectivity index (χ2n) is 13.8. The molecule has 1 rings (SSSR count). The number of alkyl carbamates (subject to hydrolysis) is 1. The van der Waals surface area contributed by atoms with Crippen LogP contribution in [0.2, 0.25) is 0 Å². The Labute approximate surface area is 302 Å². The molecule has 16 nitrogen and oxygen atoms in total. The summed E-state index contributed by atoms with van der Waals surface area (Å²) >= 11 is 0. The zero-order chi connectivity index (χ0) is 38.6. The lowest BCUT2D eigenvalue weighted by Gasteiger charge is -2.32. The minimum absolute atomic E-state index is 0.0140. The van der Waals surface area contributed by atoms with Gasteiger partial charge in [-0.05, 0) is 68.6 Å². The molecule has 0 bridgehead atoms. The lowest BCUT2D eigenvalue weighted by molar-refractivity contribution is -0.493. The third-order valence-electron chi connectivity index (χ3n) is 8.65. The largest absolute Gasteiger partial charge is 0.493 e. The lowest BCUT2D eigenvalue weighted by Crippen LogP contribution is -2.49. The molecule has 0 spiro atoms. The number of carbonyl (C=O) groups is 3. The predicted molar refractivity (Wildman–Crippen MR) is 187 cm³/mol. The fourth-order valence-electron chi connectivity index (χ4n) is 5.18. The number of benzene rings is 1. The average Bonchev–Trinajstić information content (AvgIpc) is 3.06. The molecule has 0 aliphatic rings. The Morgan fingerprint density at radius 2 is 1.61 bits per heavy atom. The maximum atomic E-state index is 13.3. The Bertz CT molecular complexity index is 1170. The molecule has 0 aromatic heterocycles. The van der Waals surface area contributed by atoms with Crippen LogP contribution in [-0.4, -0.2) is 111 Å². The molecule has 0 fully saturated rings. The Morgan fingerprint density at radius 3 is 2.20 bits per heavy atom. The number of primary amides is 1. The van der Waals surface area contributed by atoms with Gasteiger partial charge in [0.1, 0.15) is 6.61 Å². The third kappa shape index (κ3) is 18.2. The Hall–Kier alpha value is -3.25. The topological polar surface area (TPSA) is 221 Å². The maximum Gasteiger partial charge on any atom is 0.407 e. The van der Waals surface area contributed by atoms with E-state index in [0.717, 1.165) is 5.56 Å². The fraction of sp³-hybridized carbons (Fsp3) is 0.743. The normalized spacial score (nSPS) is 14.2. The number of amides is 3. The summed E-state index contributed by atoms with van der Waals surface area (Å²) in [6, 6.07) is 4.95. The van der Waals surface area contributed by atoms with Crippen LogP contribution in [0.4, 0.5) is 4.79 Å². The number of aliphatic hydroxyl groups is 1. The first-order valence-corrected chi connectivity index (χ1v) is 17.4. The second-order valence-corrected chi connectivity index (χ2v) is 13.8. The molecular formula is C35H62N4O12. The van der Waals surface area contributed by atoms with Crippen molar-refractivity contribution in [2.24, 2.45) is 34.8 Å². The van der Waals surface area contributed by atoms with Gasteiger partial charge >= 0.3 is 6.09 Å². The highest BCUT2D eigenvalue weighted by Gasteiger charge is 2.34. The fourth-order valence-corrected chi connectivity index (χ4v) is 5.18. The first-order chi connectivity index (χ1) is 24.0. The zero-order valence-electron chi connectivity index (χ0n) is 31.5. The van der Waals surface area contributed by atoms with Crippen LogP contribution in [0.25, 0.3) is 0 Å². The highest BCUT2D eigenvalue weighted by Crippen LogP contribution is 2.32. The smallest absolute Gasteiger partial charge is 0.407 e. The number of nitrogens with one attached hydrogen (secondary N) is 2. The minimum atomic E-state index is -1.13. The number of hydrogen-bond acceptors (Lipinski definition) is 13. The number of nitrogens with zero attached hydrogens (tertiary/aromatic N) is 1. The summed E-state index contributed by atoms with van der Waals surface area (Å²) in [5.41, 5.74) is 5.51. The Morgan fingerprint density at radius 1 is 0.922 bits per heavy atom. The maximum absolute atomic E-state index is 13.3. The molecule has 0 heterocycles. The van der Waals surface area contributed by atoms with E-state index in [4.69, 9.17) is 39.8 Å². The number of ether oxygens (including phenoxy) is 5. The first kappa shape index (κ1) is 45.8. The molecule has 3 amide bonds. The first-order valence-electron chi connectivity index (χ1n) is 17.4. The van der Waals surface area contributed by atoms with E-state index < -0.39 is 40.9 Å². The summed E-state index contributed by atoms with van der Waals surface area (Å²) in [5.74, 6) is -0.361. The molecular weight excluding hydrogens is 668 g/mol. The highest BCUT2D eigenvalue weighted by atomic mass is 17.1. The van der Waals surface area contributed by atoms with Crippen LogP contribution < -0.4 is 25.8 Å². The van der Waals surface area contributed by atoms with E-state index in [1.165, 1.54) is 0 Å². The van der Waals surface area contributed by atoms with Gasteiger partial charge < -0.3 is 45.2 Å². The van der Waals surface area contributed by atoms with E-state index in [0.29, 0.717) is 44.0 Å². The van der Waals surface area contributed by atoms with Crippen LogP contribution in [0, 0.1) is 29.1 Å². The van der Waals surface area contributed by atoms with Crippen LogP contribution in [0.15, 0.2) is 18.2 Å². The summed E-state index contributed by atoms with van der Waals surface area (Å²) in [6.07, 6.45) is -0.203. The average molecular weight is 731 g/mol. The van der Waals surface area contributed by atoms with E-state index in [2.05, 4.69) is 29.3 Å². The molecule has 294 valence electrons. The number of hydrogen-bond donors (Lipinski definition) is 6. The van der Waals surface area contributed by atoms with E-state index in [1.807, 2.05) is 32.0 Å². The molecule has 0 radical (unpaired) electrons. The molecule has 0 aliphatic carbocycles. The molecule has 0 saturated carbocycles. The van der Waals surface area contributed by atoms with Crippen LogP contribution >= 0.6 is 0 Å². The number of methoxy groups -OCH3 is 2. The van der Waals surface area contributed by atoms with Crippen LogP contribution in [0.3, 0.4) is 0 Å². The van der Waals surface area contributed by atoms with Gasteiger partial charge in [-0.3, -0.25) is 20.0 Å². The quantitative estimate of drug-likeness (QED) is 0.0567. The van der Waals surface area contributed by atoms with Crippen molar-refractivity contribution in [3.05, 3.63) is 23.8 Å². The van der Waals surface area contributed by atoms with Crippen LogP contribution in [0.1, 0.15) is 66.4 Å². The van der Waals surface area contributed by atoms with Gasteiger partial charge in [0.05, 0.1) is 56.5 Å². The zero-order valence-corrected chi connectivity index (χ0v) is 31.5. The van der Waals surface area contributed by atoms with Gasteiger partial charge in [-0.15, -0.1) is 0 Å². The van der Waals surface area contributed by atoms with Crippen molar-refractivity contribution in [1.82, 2.24) is 16.0 Å². The van der Waals surface area contributed by atoms with Crippen molar-refractivity contribution in [3.63, 3.8) is 0 Å². The molecule has 7 N–H and O–H groups in total. The summed E-state index contributed by atoms with van der Waals surface area (Å²) in [5, 5.41) is 34.0. The number of nitrogens with two attached hydrogens (primary N) is 1. The number of carbonyl (C=O) groups excluding carboxylic acids is 3. The summed E-state index contributed by atoms with van der Waals surface area (Å²) < 4.78 is 27.2. The summed E-state index contributed by atoms with van der Waals surface area (Å²) in [4.78, 5) is 42.5. The third-order valence-corrected chi connectivity index (χ3v) is 8.65. The van der Waals surface area contributed by atoms with Crippen LogP contribution in [0.5, 0.6) is 11.5 Å². The SMILES string of the molecule is COCCCOc1cc(CC(CC(NC(=O)OCCOCCON(O)O)C(O)CC(C(=O)NCC(C)(C)C(N)=O)C(C)C)C(C)C)ccc1OC. The van der Waals surface area contributed by atoms with Gasteiger partial charge in [-0.25, -0.2) is 9.63 Å². The Kier molecular flexibility index (Phi) is 21.6. The van der Waals surface area contributed by atoms with Gasteiger partial charge in [0, 0.05) is 32.6 Å². The van der Waals surface area contributed by atoms with Crippen LogP contribution in [-0.2, 0) is 35.1 Å². The summed E-state index contributed by atoms with van der Waals surface area (Å²) in [7, 11) is 3.21. The summed E-state index contributed by atoms with van der Waals surface area (Å²) in [6.45, 7) is 12.0. The molecule has 16 heteroatoms. The second kappa shape index (κ2) is 24.1. The van der Waals surface area contributed by atoms with E-state index in [-0.39, 0.29) is 63.1 Å². The molecule has 0 saturated heterocycles. The van der Waals surface area contributed by atoms with Crippen molar-refractivity contribution >= 4 is 17.9 Å². The van der Waals surface area contributed by atoms with Crippen molar-refractivity contribution in [2.45, 2.75) is 79.4 Å². The molecule has 1 aromatic carbocycles. The van der Waals surface area contributed by atoms with Crippen molar-refractivity contribution in [2.75, 3.05) is 60.4 Å². The molecule has 0 aliphatic heterocycles. The van der Waals surface area contributed by atoms with Crippen molar-refractivity contribution < 1.29 is 58.4 Å². The molecule has 4 unspecified atom stereocenters. The van der Waals surface area contributed by atoms with Crippen molar-refractivity contribution in [1.29, 1.82) is 0 Å².